The normalized spacial score (nSPS) is 10.5. The molecule has 2 aromatic heterocycles. The molecule has 0 aliphatic heterocycles. The van der Waals surface area contributed by atoms with Gasteiger partial charge in [0.15, 0.2) is 0 Å². The van der Waals surface area contributed by atoms with Crippen molar-refractivity contribution in [3.63, 3.8) is 0 Å². The Labute approximate surface area is 121 Å². The minimum absolute atomic E-state index is 0.211. The standard InChI is InChI=1S/C16H14N4O/c1-10-7-15(19-9-13(10)17)20-16(21)12-4-5-14-11(8-12)3-2-6-18-14/h2-9H,17H2,1H3,(H,19,20,21). The number of carbonyl (C=O) groups is 1. The molecule has 0 bridgehead atoms. The Bertz CT molecular complexity index is 829. The summed E-state index contributed by atoms with van der Waals surface area (Å²) in [6.07, 6.45) is 3.26. The molecule has 0 radical (unpaired) electrons. The van der Waals surface area contributed by atoms with Gasteiger partial charge in [-0.3, -0.25) is 9.78 Å². The Kier molecular flexibility index (Phi) is 3.23. The molecule has 0 atom stereocenters. The van der Waals surface area contributed by atoms with E-state index in [0.717, 1.165) is 16.5 Å². The summed E-state index contributed by atoms with van der Waals surface area (Å²) in [4.78, 5) is 20.6. The van der Waals surface area contributed by atoms with E-state index in [-0.39, 0.29) is 5.91 Å². The number of hydrogen-bond acceptors (Lipinski definition) is 4. The lowest BCUT2D eigenvalue weighted by molar-refractivity contribution is 0.102. The molecule has 0 unspecified atom stereocenters. The van der Waals surface area contributed by atoms with Gasteiger partial charge in [0.1, 0.15) is 5.82 Å². The van der Waals surface area contributed by atoms with Crippen molar-refractivity contribution in [3.8, 4) is 0 Å². The molecule has 5 heteroatoms. The molecule has 2 heterocycles. The van der Waals surface area contributed by atoms with E-state index in [0.29, 0.717) is 17.1 Å². The Hall–Kier alpha value is -2.95. The second kappa shape index (κ2) is 5.20. The molecule has 3 aromatic rings. The third-order valence-electron chi connectivity index (χ3n) is 3.26. The van der Waals surface area contributed by atoms with E-state index in [9.17, 15) is 4.79 Å². The fourth-order valence-electron chi connectivity index (χ4n) is 2.04. The molecule has 3 N–H and O–H groups in total. The summed E-state index contributed by atoms with van der Waals surface area (Å²) >= 11 is 0. The summed E-state index contributed by atoms with van der Waals surface area (Å²) in [7, 11) is 0. The molecule has 0 saturated heterocycles. The fraction of sp³-hybridized carbons (Fsp3) is 0.0625. The number of nitrogens with two attached hydrogens (primary N) is 1. The number of anilines is 2. The van der Waals surface area contributed by atoms with Crippen LogP contribution >= 0.6 is 0 Å². The zero-order valence-electron chi connectivity index (χ0n) is 11.5. The average molecular weight is 278 g/mol. The van der Waals surface area contributed by atoms with E-state index in [1.165, 1.54) is 6.20 Å². The monoisotopic (exact) mass is 278 g/mol. The van der Waals surface area contributed by atoms with Crippen LogP contribution in [0.5, 0.6) is 0 Å². The summed E-state index contributed by atoms with van der Waals surface area (Å²) in [5.74, 6) is 0.274. The van der Waals surface area contributed by atoms with Gasteiger partial charge in [0.25, 0.3) is 5.91 Å². The quantitative estimate of drug-likeness (QED) is 0.755. The number of carbonyl (C=O) groups excluding carboxylic acids is 1. The maximum atomic E-state index is 12.3. The summed E-state index contributed by atoms with van der Waals surface area (Å²) in [6.45, 7) is 1.87. The summed E-state index contributed by atoms with van der Waals surface area (Å²) in [5, 5.41) is 3.69. The molecule has 0 spiro atoms. The van der Waals surface area contributed by atoms with E-state index in [4.69, 9.17) is 5.73 Å². The molecule has 104 valence electrons. The lowest BCUT2D eigenvalue weighted by Gasteiger charge is -2.07. The number of pyridine rings is 2. The smallest absolute Gasteiger partial charge is 0.256 e. The lowest BCUT2D eigenvalue weighted by Crippen LogP contribution is -2.13. The highest BCUT2D eigenvalue weighted by Crippen LogP contribution is 2.16. The van der Waals surface area contributed by atoms with Crippen molar-refractivity contribution in [1.29, 1.82) is 0 Å². The van der Waals surface area contributed by atoms with Crippen LogP contribution < -0.4 is 11.1 Å². The maximum absolute atomic E-state index is 12.3. The van der Waals surface area contributed by atoms with Crippen molar-refractivity contribution in [2.24, 2.45) is 0 Å². The van der Waals surface area contributed by atoms with E-state index >= 15 is 0 Å². The van der Waals surface area contributed by atoms with Gasteiger partial charge in [0.2, 0.25) is 0 Å². The van der Waals surface area contributed by atoms with Gasteiger partial charge in [-0.15, -0.1) is 0 Å². The molecule has 1 amide bonds. The van der Waals surface area contributed by atoms with Gasteiger partial charge >= 0.3 is 0 Å². The number of nitrogens with one attached hydrogen (secondary N) is 1. The molecule has 0 aliphatic carbocycles. The second-order valence-corrected chi connectivity index (χ2v) is 4.79. The van der Waals surface area contributed by atoms with Crippen molar-refractivity contribution in [1.82, 2.24) is 9.97 Å². The van der Waals surface area contributed by atoms with Crippen LogP contribution in [0.25, 0.3) is 10.9 Å². The third-order valence-corrected chi connectivity index (χ3v) is 3.26. The van der Waals surface area contributed by atoms with E-state index < -0.39 is 0 Å². The zero-order valence-corrected chi connectivity index (χ0v) is 11.5. The molecule has 0 saturated carbocycles. The first-order chi connectivity index (χ1) is 10.1. The average Bonchev–Trinajstić information content (AvgIpc) is 2.50. The minimum atomic E-state index is -0.211. The fourth-order valence-corrected chi connectivity index (χ4v) is 2.04. The van der Waals surface area contributed by atoms with Crippen LogP contribution in [0.1, 0.15) is 15.9 Å². The molecule has 1 aromatic carbocycles. The van der Waals surface area contributed by atoms with Crippen LogP contribution in [0.15, 0.2) is 48.8 Å². The number of fused-ring (bicyclic) bond motifs is 1. The molecule has 21 heavy (non-hydrogen) atoms. The predicted octanol–water partition coefficient (Wildman–Crippen LogP) is 2.77. The third kappa shape index (κ3) is 2.67. The number of nitrogen functional groups attached to an aromatic ring is 1. The number of aryl methyl sites for hydroxylation is 1. The molecule has 5 nitrogen and oxygen atoms in total. The van der Waals surface area contributed by atoms with Gasteiger partial charge in [-0.2, -0.15) is 0 Å². The van der Waals surface area contributed by atoms with Crippen LogP contribution in [0.4, 0.5) is 11.5 Å². The number of amides is 1. The van der Waals surface area contributed by atoms with Crippen LogP contribution in [0.2, 0.25) is 0 Å². The largest absolute Gasteiger partial charge is 0.397 e. The summed E-state index contributed by atoms with van der Waals surface area (Å²) < 4.78 is 0. The van der Waals surface area contributed by atoms with Crippen LogP contribution in [-0.4, -0.2) is 15.9 Å². The Morgan fingerprint density at radius 2 is 2.05 bits per heavy atom. The topological polar surface area (TPSA) is 80.9 Å². The SMILES string of the molecule is Cc1cc(NC(=O)c2ccc3ncccc3c2)ncc1N. The van der Waals surface area contributed by atoms with E-state index in [2.05, 4.69) is 15.3 Å². The van der Waals surface area contributed by atoms with E-state index in [1.807, 2.05) is 31.2 Å². The second-order valence-electron chi connectivity index (χ2n) is 4.79. The van der Waals surface area contributed by atoms with Gasteiger partial charge < -0.3 is 11.1 Å². The minimum Gasteiger partial charge on any atom is -0.397 e. The van der Waals surface area contributed by atoms with Crippen LogP contribution in [0, 0.1) is 6.92 Å². The van der Waals surface area contributed by atoms with Crippen molar-refractivity contribution in [2.45, 2.75) is 6.92 Å². The maximum Gasteiger partial charge on any atom is 0.256 e. The van der Waals surface area contributed by atoms with Gasteiger partial charge in [0.05, 0.1) is 17.4 Å². The predicted molar refractivity (Wildman–Crippen MR) is 83.1 cm³/mol. The highest BCUT2D eigenvalue weighted by Gasteiger charge is 2.08. The van der Waals surface area contributed by atoms with Gasteiger partial charge in [-0.05, 0) is 42.8 Å². The Balaban J connectivity index is 1.87. The summed E-state index contributed by atoms with van der Waals surface area (Å²) in [6, 6.07) is 10.9. The lowest BCUT2D eigenvalue weighted by atomic mass is 10.1. The first kappa shape index (κ1) is 13.1. The number of rotatable bonds is 2. The van der Waals surface area contributed by atoms with Gasteiger partial charge in [-0.1, -0.05) is 6.07 Å². The van der Waals surface area contributed by atoms with Gasteiger partial charge in [-0.25, -0.2) is 4.98 Å². The van der Waals surface area contributed by atoms with Crippen molar-refractivity contribution >= 4 is 28.3 Å². The summed E-state index contributed by atoms with van der Waals surface area (Å²) in [5.41, 5.74) is 8.61. The first-order valence-electron chi connectivity index (χ1n) is 6.52. The van der Waals surface area contributed by atoms with Crippen molar-refractivity contribution in [2.75, 3.05) is 11.1 Å². The molecular formula is C16H14N4O. The Morgan fingerprint density at radius 3 is 2.86 bits per heavy atom. The van der Waals surface area contributed by atoms with Crippen molar-refractivity contribution in [3.05, 3.63) is 59.9 Å². The van der Waals surface area contributed by atoms with Crippen LogP contribution in [0.3, 0.4) is 0 Å². The number of hydrogen-bond donors (Lipinski definition) is 2. The Morgan fingerprint density at radius 1 is 1.19 bits per heavy atom. The van der Waals surface area contributed by atoms with Crippen LogP contribution in [-0.2, 0) is 0 Å². The molecule has 0 fully saturated rings. The number of aromatic nitrogens is 2. The van der Waals surface area contributed by atoms with E-state index in [1.54, 1.807) is 18.3 Å². The zero-order chi connectivity index (χ0) is 14.8. The van der Waals surface area contributed by atoms with Crippen molar-refractivity contribution < 1.29 is 4.79 Å². The number of nitrogens with zero attached hydrogens (tertiary/aromatic N) is 2. The molecule has 3 rings (SSSR count). The highest BCUT2D eigenvalue weighted by molar-refractivity contribution is 6.05. The first-order valence-corrected chi connectivity index (χ1v) is 6.52. The highest BCUT2D eigenvalue weighted by atomic mass is 16.1. The molecule has 0 aliphatic rings. The van der Waals surface area contributed by atoms with Gasteiger partial charge in [0, 0.05) is 17.1 Å². The molecular weight excluding hydrogens is 264 g/mol. The number of benzene rings is 1.